The van der Waals surface area contributed by atoms with Crippen molar-refractivity contribution < 1.29 is 14.4 Å². The molecule has 0 spiro atoms. The van der Waals surface area contributed by atoms with Crippen molar-refractivity contribution in [3.8, 4) is 0 Å². The van der Waals surface area contributed by atoms with Crippen LogP contribution in [0.2, 0.25) is 0 Å². The van der Waals surface area contributed by atoms with Crippen molar-refractivity contribution in [1.29, 1.82) is 0 Å². The number of likely N-dealkylation sites (tertiary alicyclic amines) is 1. The van der Waals surface area contributed by atoms with E-state index in [1.165, 1.54) is 0 Å². The van der Waals surface area contributed by atoms with Gasteiger partial charge in [0, 0.05) is 24.2 Å². The number of carbonyl (C=O) groups is 3. The number of carbonyl (C=O) groups excluding carboxylic acids is 3. The quantitative estimate of drug-likeness (QED) is 0.794. The first kappa shape index (κ1) is 18.9. The van der Waals surface area contributed by atoms with Crippen molar-refractivity contribution in [1.82, 2.24) is 10.2 Å². The van der Waals surface area contributed by atoms with E-state index in [4.69, 9.17) is 5.73 Å². The summed E-state index contributed by atoms with van der Waals surface area (Å²) in [4.78, 5) is 38.4. The number of piperidine rings is 1. The van der Waals surface area contributed by atoms with E-state index in [1.807, 2.05) is 31.2 Å². The molecule has 0 bridgehead atoms. The zero-order chi connectivity index (χ0) is 19.4. The van der Waals surface area contributed by atoms with E-state index in [9.17, 15) is 14.4 Å². The summed E-state index contributed by atoms with van der Waals surface area (Å²) in [6.45, 7) is 2.97. The Kier molecular flexibility index (Phi) is 5.74. The first-order chi connectivity index (χ1) is 12.9. The van der Waals surface area contributed by atoms with Gasteiger partial charge in [0.15, 0.2) is 0 Å². The van der Waals surface area contributed by atoms with Gasteiger partial charge in [0.1, 0.15) is 0 Å². The maximum atomic E-state index is 12.8. The van der Waals surface area contributed by atoms with Crippen molar-refractivity contribution >= 4 is 17.7 Å². The maximum Gasteiger partial charge on any atom is 0.251 e. The average molecular weight is 367 g/mol. The SMILES string of the molecule is Cc1ccc(C(=O)NC2C=CCC(C(=O)N3CCCC(C(N)=O)C3)=C2)cc1. The fourth-order valence-corrected chi connectivity index (χ4v) is 3.47. The number of primary amides is 1. The number of nitrogens with zero attached hydrogens (tertiary/aromatic N) is 1. The van der Waals surface area contributed by atoms with Crippen LogP contribution in [0.5, 0.6) is 0 Å². The molecule has 0 saturated carbocycles. The van der Waals surface area contributed by atoms with Crippen molar-refractivity contribution in [2.75, 3.05) is 13.1 Å². The van der Waals surface area contributed by atoms with Gasteiger partial charge in [0.2, 0.25) is 11.8 Å². The van der Waals surface area contributed by atoms with Gasteiger partial charge in [-0.2, -0.15) is 0 Å². The number of nitrogens with one attached hydrogen (secondary N) is 1. The van der Waals surface area contributed by atoms with Gasteiger partial charge in [-0.1, -0.05) is 29.8 Å². The van der Waals surface area contributed by atoms with Gasteiger partial charge in [-0.3, -0.25) is 14.4 Å². The number of benzene rings is 1. The Morgan fingerprint density at radius 1 is 1.19 bits per heavy atom. The lowest BCUT2D eigenvalue weighted by molar-refractivity contribution is -0.131. The van der Waals surface area contributed by atoms with Crippen LogP contribution in [0, 0.1) is 12.8 Å². The molecule has 1 aliphatic carbocycles. The van der Waals surface area contributed by atoms with E-state index < -0.39 is 0 Å². The topological polar surface area (TPSA) is 92.5 Å². The Bertz CT molecular complexity index is 795. The minimum Gasteiger partial charge on any atom is -0.369 e. The molecule has 1 heterocycles. The van der Waals surface area contributed by atoms with Crippen LogP contribution in [0.1, 0.15) is 35.2 Å². The van der Waals surface area contributed by atoms with E-state index >= 15 is 0 Å². The molecular formula is C21H25N3O3. The van der Waals surface area contributed by atoms with Crippen LogP contribution in [0.4, 0.5) is 0 Å². The number of allylic oxidation sites excluding steroid dienone is 1. The molecule has 2 unspecified atom stereocenters. The van der Waals surface area contributed by atoms with Crippen molar-refractivity contribution in [2.24, 2.45) is 11.7 Å². The molecule has 1 aliphatic heterocycles. The highest BCUT2D eigenvalue weighted by Gasteiger charge is 2.29. The van der Waals surface area contributed by atoms with Crippen molar-refractivity contribution in [2.45, 2.75) is 32.2 Å². The first-order valence-electron chi connectivity index (χ1n) is 9.27. The lowest BCUT2D eigenvalue weighted by Crippen LogP contribution is -2.45. The number of nitrogens with two attached hydrogens (primary N) is 1. The Morgan fingerprint density at radius 3 is 2.63 bits per heavy atom. The Hall–Kier alpha value is -2.89. The molecular weight excluding hydrogens is 342 g/mol. The summed E-state index contributed by atoms with van der Waals surface area (Å²) in [5.41, 5.74) is 7.71. The number of hydrogen-bond acceptors (Lipinski definition) is 3. The number of rotatable bonds is 4. The average Bonchev–Trinajstić information content (AvgIpc) is 2.68. The van der Waals surface area contributed by atoms with Gasteiger partial charge in [-0.25, -0.2) is 0 Å². The van der Waals surface area contributed by atoms with E-state index in [0.29, 0.717) is 30.6 Å². The standard InChI is InChI=1S/C21H25N3O3/c1-14-7-9-15(10-8-14)20(26)23-18-6-2-4-16(12-18)21(27)24-11-3-5-17(13-24)19(22)25/h2,6-10,12,17-18H,3-5,11,13H2,1H3,(H2,22,25)(H,23,26). The highest BCUT2D eigenvalue weighted by molar-refractivity contribution is 5.96. The van der Waals surface area contributed by atoms with Gasteiger partial charge in [-0.05, 0) is 44.4 Å². The zero-order valence-corrected chi connectivity index (χ0v) is 15.5. The van der Waals surface area contributed by atoms with Crippen molar-refractivity contribution in [3.63, 3.8) is 0 Å². The third-order valence-electron chi connectivity index (χ3n) is 5.06. The molecule has 1 fully saturated rings. The predicted molar refractivity (Wildman–Crippen MR) is 103 cm³/mol. The molecule has 3 rings (SSSR count). The van der Waals surface area contributed by atoms with Crippen LogP contribution in [-0.4, -0.2) is 41.8 Å². The molecule has 142 valence electrons. The van der Waals surface area contributed by atoms with Gasteiger partial charge in [-0.15, -0.1) is 0 Å². The fourth-order valence-electron chi connectivity index (χ4n) is 3.47. The predicted octanol–water partition coefficient (Wildman–Crippen LogP) is 1.70. The summed E-state index contributed by atoms with van der Waals surface area (Å²) in [5.74, 6) is -0.894. The van der Waals surface area contributed by atoms with Crippen LogP contribution < -0.4 is 11.1 Å². The van der Waals surface area contributed by atoms with Crippen LogP contribution in [0.3, 0.4) is 0 Å². The summed E-state index contributed by atoms with van der Waals surface area (Å²) in [5, 5.41) is 2.92. The molecule has 6 heteroatoms. The van der Waals surface area contributed by atoms with Crippen LogP contribution in [0.25, 0.3) is 0 Å². The minimum absolute atomic E-state index is 0.0834. The summed E-state index contributed by atoms with van der Waals surface area (Å²) >= 11 is 0. The molecule has 1 aromatic rings. The Morgan fingerprint density at radius 2 is 1.93 bits per heavy atom. The molecule has 27 heavy (non-hydrogen) atoms. The molecule has 0 aromatic heterocycles. The fraction of sp³-hybridized carbons (Fsp3) is 0.381. The summed E-state index contributed by atoms with van der Waals surface area (Å²) in [6.07, 6.45) is 7.59. The normalized spacial score (nSPS) is 22.1. The smallest absolute Gasteiger partial charge is 0.251 e. The van der Waals surface area contributed by atoms with Gasteiger partial charge in [0.05, 0.1) is 12.0 Å². The molecule has 1 aromatic carbocycles. The lowest BCUT2D eigenvalue weighted by Gasteiger charge is -2.32. The zero-order valence-electron chi connectivity index (χ0n) is 15.5. The highest BCUT2D eigenvalue weighted by Crippen LogP contribution is 2.21. The summed E-state index contributed by atoms with van der Waals surface area (Å²) in [6, 6.07) is 7.02. The Labute approximate surface area is 159 Å². The summed E-state index contributed by atoms with van der Waals surface area (Å²) < 4.78 is 0. The minimum atomic E-state index is -0.353. The first-order valence-corrected chi connectivity index (χ1v) is 9.27. The van der Waals surface area contributed by atoms with Gasteiger partial charge >= 0.3 is 0 Å². The number of aryl methyl sites for hydroxylation is 1. The second-order valence-electron chi connectivity index (χ2n) is 7.18. The largest absolute Gasteiger partial charge is 0.369 e. The van der Waals surface area contributed by atoms with Crippen LogP contribution >= 0.6 is 0 Å². The molecule has 1 saturated heterocycles. The molecule has 2 atom stereocenters. The molecule has 0 radical (unpaired) electrons. The molecule has 6 nitrogen and oxygen atoms in total. The third kappa shape index (κ3) is 4.64. The second-order valence-corrected chi connectivity index (χ2v) is 7.18. The van der Waals surface area contributed by atoms with E-state index in [-0.39, 0.29) is 29.7 Å². The van der Waals surface area contributed by atoms with Crippen LogP contribution in [-0.2, 0) is 9.59 Å². The number of hydrogen-bond donors (Lipinski definition) is 2. The van der Waals surface area contributed by atoms with E-state index in [1.54, 1.807) is 23.1 Å². The second kappa shape index (κ2) is 8.20. The Balaban J connectivity index is 1.65. The monoisotopic (exact) mass is 367 g/mol. The van der Waals surface area contributed by atoms with Gasteiger partial charge in [0.25, 0.3) is 5.91 Å². The molecule has 2 aliphatic rings. The van der Waals surface area contributed by atoms with Crippen molar-refractivity contribution in [3.05, 3.63) is 59.2 Å². The maximum absolute atomic E-state index is 12.8. The van der Waals surface area contributed by atoms with E-state index in [2.05, 4.69) is 5.32 Å². The lowest BCUT2D eigenvalue weighted by atomic mass is 9.95. The molecule has 3 N–H and O–H groups in total. The highest BCUT2D eigenvalue weighted by atomic mass is 16.2. The summed E-state index contributed by atoms with van der Waals surface area (Å²) in [7, 11) is 0. The third-order valence-corrected chi connectivity index (χ3v) is 5.06. The van der Waals surface area contributed by atoms with E-state index in [0.717, 1.165) is 18.4 Å². The van der Waals surface area contributed by atoms with Crippen LogP contribution in [0.15, 0.2) is 48.1 Å². The number of amides is 3. The van der Waals surface area contributed by atoms with Gasteiger partial charge < -0.3 is 16.0 Å². The molecule has 3 amide bonds.